The molecule has 7 rings (SSSR count). The maximum absolute atomic E-state index is 4.00. The van der Waals surface area contributed by atoms with E-state index in [4.69, 9.17) is 0 Å². The molecular weight excluding hydrogens is 690 g/mol. The predicted octanol–water partition coefficient (Wildman–Crippen LogP) is 12.9. The standard InChI is InChI=1S/C42H33N3.BrH.Cu/c1-6-20-34(21-7-1)43(35-22-8-2-9-23-35)39-30-16-18-32-41(39)45(38-28-14-5-15-29-38)42-33-19-17-31-40(42)44(36-24-10-3-11-25-36)37-26-12-4-13-27-37;;/h1-33H;1H;/q;;+1/p-1. The Kier molecular flexibility index (Phi) is 10.8. The maximum atomic E-state index is 4.00. The Morgan fingerprint density at radius 2 is 0.404 bits per heavy atom. The van der Waals surface area contributed by atoms with E-state index in [0.717, 1.165) is 51.2 Å². The fourth-order valence-corrected chi connectivity index (χ4v) is 5.83. The van der Waals surface area contributed by atoms with Crippen LogP contribution in [-0.2, 0) is 14.2 Å². The van der Waals surface area contributed by atoms with E-state index in [-0.39, 0.29) is 0 Å². The average molecular weight is 723 g/mol. The molecule has 0 saturated carbocycles. The SMILES string of the molecule is [Cu][Br].c1ccc(N(c2ccccc2)c2ccccc2N(c2ccccc2)c2ccccc2N(c2ccccc2)c2ccccc2)cc1. The summed E-state index contributed by atoms with van der Waals surface area (Å²) in [6.07, 6.45) is 0. The van der Waals surface area contributed by atoms with Gasteiger partial charge in [0.1, 0.15) is 0 Å². The molecule has 0 radical (unpaired) electrons. The Morgan fingerprint density at radius 3 is 0.638 bits per heavy atom. The Labute approximate surface area is 292 Å². The fourth-order valence-electron chi connectivity index (χ4n) is 5.83. The predicted molar refractivity (Wildman–Crippen MR) is 199 cm³/mol. The van der Waals surface area contributed by atoms with E-state index in [1.165, 1.54) is 0 Å². The van der Waals surface area contributed by atoms with Crippen molar-refractivity contribution in [2.45, 2.75) is 0 Å². The van der Waals surface area contributed by atoms with Gasteiger partial charge in [0, 0.05) is 28.4 Å². The second-order valence-electron chi connectivity index (χ2n) is 10.7. The zero-order chi connectivity index (χ0) is 32.3. The molecule has 0 fully saturated rings. The molecule has 7 aromatic rings. The first-order chi connectivity index (χ1) is 23.4. The van der Waals surface area contributed by atoms with Crippen LogP contribution in [-0.4, -0.2) is 0 Å². The molecule has 0 unspecified atom stereocenters. The van der Waals surface area contributed by atoms with Crippen LogP contribution in [0, 0.1) is 0 Å². The number of halogens is 1. The quantitative estimate of drug-likeness (QED) is 0.137. The first-order valence-corrected chi connectivity index (χ1v) is 17.7. The van der Waals surface area contributed by atoms with E-state index < -0.39 is 0 Å². The topological polar surface area (TPSA) is 9.72 Å². The molecule has 234 valence electrons. The number of hydrogen-bond donors (Lipinski definition) is 0. The third kappa shape index (κ3) is 7.19. The van der Waals surface area contributed by atoms with Gasteiger partial charge in [-0.2, -0.15) is 0 Å². The number of rotatable bonds is 9. The van der Waals surface area contributed by atoms with Crippen LogP contribution in [0.1, 0.15) is 0 Å². The number of nitrogens with zero attached hydrogens (tertiary/aromatic N) is 3. The van der Waals surface area contributed by atoms with E-state index >= 15 is 0 Å². The van der Waals surface area contributed by atoms with Crippen molar-refractivity contribution in [3.8, 4) is 0 Å². The molecule has 0 amide bonds. The Balaban J connectivity index is 0.00000190. The van der Waals surface area contributed by atoms with Crippen LogP contribution < -0.4 is 14.7 Å². The van der Waals surface area contributed by atoms with Gasteiger partial charge in [-0.25, -0.2) is 0 Å². The van der Waals surface area contributed by atoms with Crippen LogP contribution in [0.3, 0.4) is 0 Å². The second-order valence-corrected chi connectivity index (χ2v) is 10.7. The molecule has 5 heteroatoms. The molecule has 0 saturated heterocycles. The molecule has 0 bridgehead atoms. The van der Waals surface area contributed by atoms with Gasteiger partial charge in [-0.3, -0.25) is 0 Å². The minimum atomic E-state index is 1.06. The van der Waals surface area contributed by atoms with E-state index in [1.54, 1.807) is 0 Å². The van der Waals surface area contributed by atoms with Crippen LogP contribution in [0.5, 0.6) is 0 Å². The largest absolute Gasteiger partial charge is 0.308 e. The zero-order valence-electron chi connectivity index (χ0n) is 25.6. The van der Waals surface area contributed by atoms with Gasteiger partial charge in [-0.05, 0) is 84.9 Å². The summed E-state index contributed by atoms with van der Waals surface area (Å²) >= 11 is 6.50. The van der Waals surface area contributed by atoms with Crippen LogP contribution in [0.15, 0.2) is 200 Å². The molecule has 0 aromatic heterocycles. The number of anilines is 9. The van der Waals surface area contributed by atoms with Crippen LogP contribution in [0.4, 0.5) is 51.2 Å². The Bertz CT molecular complexity index is 1750. The van der Waals surface area contributed by atoms with Gasteiger partial charge in [0.2, 0.25) is 0 Å². The van der Waals surface area contributed by atoms with Gasteiger partial charge in [0.15, 0.2) is 0 Å². The van der Waals surface area contributed by atoms with Crippen molar-refractivity contribution >= 4 is 65.3 Å². The first kappa shape index (κ1) is 31.9. The molecule has 0 spiro atoms. The molecule has 47 heavy (non-hydrogen) atoms. The molecule has 0 aliphatic heterocycles. The average Bonchev–Trinajstić information content (AvgIpc) is 3.16. The summed E-state index contributed by atoms with van der Waals surface area (Å²) in [5.41, 5.74) is 9.69. The molecular formula is C42H33BrCuN3. The van der Waals surface area contributed by atoms with E-state index in [9.17, 15) is 0 Å². The molecule has 0 heterocycles. The Hall–Kier alpha value is -5.06. The van der Waals surface area contributed by atoms with Crippen molar-refractivity contribution in [2.75, 3.05) is 14.7 Å². The summed E-state index contributed by atoms with van der Waals surface area (Å²) in [5, 5.41) is 0. The van der Waals surface area contributed by atoms with Crippen molar-refractivity contribution in [2.24, 2.45) is 0 Å². The van der Waals surface area contributed by atoms with E-state index in [1.807, 2.05) is 0 Å². The van der Waals surface area contributed by atoms with Gasteiger partial charge in [-0.15, -0.1) is 0 Å². The van der Waals surface area contributed by atoms with Crippen molar-refractivity contribution in [1.29, 1.82) is 0 Å². The minimum Gasteiger partial charge on any atom is -0.308 e. The van der Waals surface area contributed by atoms with Crippen LogP contribution in [0.2, 0.25) is 0 Å². The van der Waals surface area contributed by atoms with Crippen molar-refractivity contribution in [1.82, 2.24) is 0 Å². The van der Waals surface area contributed by atoms with Crippen molar-refractivity contribution in [3.63, 3.8) is 0 Å². The van der Waals surface area contributed by atoms with Gasteiger partial charge in [-0.1, -0.05) is 115 Å². The van der Waals surface area contributed by atoms with Crippen LogP contribution >= 0.6 is 14.1 Å². The molecule has 0 aliphatic carbocycles. The molecule has 3 nitrogen and oxygen atoms in total. The van der Waals surface area contributed by atoms with Gasteiger partial charge in [0.25, 0.3) is 0 Å². The van der Waals surface area contributed by atoms with Gasteiger partial charge < -0.3 is 14.7 Å². The maximum Gasteiger partial charge on any atom is 0.0703 e. The second kappa shape index (κ2) is 16.0. The third-order valence-corrected chi connectivity index (χ3v) is 7.80. The van der Waals surface area contributed by atoms with Gasteiger partial charge in [0.05, 0.1) is 22.7 Å². The van der Waals surface area contributed by atoms with E-state index in [2.05, 4.69) is 243 Å². The molecule has 0 atom stereocenters. The monoisotopic (exact) mass is 721 g/mol. The number of para-hydroxylation sites is 9. The summed E-state index contributed by atoms with van der Waals surface area (Å²) in [7, 11) is 0. The summed E-state index contributed by atoms with van der Waals surface area (Å²) < 4.78 is 0. The number of hydrogen-bond acceptors (Lipinski definition) is 3. The molecule has 0 N–H and O–H groups in total. The summed E-state index contributed by atoms with van der Waals surface area (Å²) in [6.45, 7) is 0. The van der Waals surface area contributed by atoms with Crippen LogP contribution in [0.25, 0.3) is 0 Å². The van der Waals surface area contributed by atoms with E-state index in [0.29, 0.717) is 0 Å². The minimum absolute atomic E-state index is 1.06. The first-order valence-electron chi connectivity index (χ1n) is 15.3. The third-order valence-electron chi connectivity index (χ3n) is 7.80. The van der Waals surface area contributed by atoms with Gasteiger partial charge >= 0.3 is 28.3 Å². The van der Waals surface area contributed by atoms with Crippen molar-refractivity contribution < 1.29 is 14.2 Å². The zero-order valence-corrected chi connectivity index (χ0v) is 28.1. The number of benzene rings is 7. The summed E-state index contributed by atoms with van der Waals surface area (Å²) in [6, 6.07) is 70.3. The smallest absolute Gasteiger partial charge is 0.0703 e. The summed E-state index contributed by atoms with van der Waals surface area (Å²) in [4.78, 5) is 7.04. The van der Waals surface area contributed by atoms with Crippen molar-refractivity contribution in [3.05, 3.63) is 200 Å². The fraction of sp³-hybridized carbons (Fsp3) is 0. The molecule has 7 aromatic carbocycles. The Morgan fingerprint density at radius 1 is 0.234 bits per heavy atom. The molecule has 0 aliphatic rings. The normalized spacial score (nSPS) is 10.4. The summed E-state index contributed by atoms with van der Waals surface area (Å²) in [5.74, 6) is 0.